The molecule has 1 aromatic heterocycles. The van der Waals surface area contributed by atoms with E-state index in [-0.39, 0.29) is 11.9 Å². The fraction of sp³-hybridized carbons (Fsp3) is 0.286. The lowest BCUT2D eigenvalue weighted by Crippen LogP contribution is -2.32. The van der Waals surface area contributed by atoms with E-state index in [0.29, 0.717) is 5.75 Å². The van der Waals surface area contributed by atoms with Crippen LogP contribution in [0.1, 0.15) is 35.6 Å². The van der Waals surface area contributed by atoms with Gasteiger partial charge in [0.05, 0.1) is 11.8 Å². The molecular formula is C21H22N4OS2. The first-order chi connectivity index (χ1) is 13.7. The lowest BCUT2D eigenvalue weighted by atomic mass is 9.88. The summed E-state index contributed by atoms with van der Waals surface area (Å²) >= 11 is 2.88. The third-order valence-electron chi connectivity index (χ3n) is 4.74. The number of carbonyl (C=O) groups excluding carboxylic acids is 1. The number of fused-ring (bicyclic) bond motifs is 1. The standard InChI is InChI=1S/C21H22N4OS2/c1-14-9-11-16(12-10-14)22-20-24-25-21(28-20)27-13-19(26)23-18-8-4-6-15-5-2-3-7-17(15)18/h2-3,5,7,9-12,18H,4,6,8,13H2,1H3,(H,22,24)(H,23,26)/t18-/m0/s1. The van der Waals surface area contributed by atoms with E-state index in [4.69, 9.17) is 0 Å². The van der Waals surface area contributed by atoms with Crippen LogP contribution < -0.4 is 10.6 Å². The molecule has 2 N–H and O–H groups in total. The van der Waals surface area contributed by atoms with Gasteiger partial charge in [-0.15, -0.1) is 10.2 Å². The third kappa shape index (κ3) is 4.72. The first-order valence-electron chi connectivity index (χ1n) is 9.34. The predicted molar refractivity (Wildman–Crippen MR) is 115 cm³/mol. The average molecular weight is 411 g/mol. The van der Waals surface area contributed by atoms with Gasteiger partial charge in [-0.2, -0.15) is 0 Å². The molecule has 0 saturated carbocycles. The Morgan fingerprint density at radius 1 is 1.18 bits per heavy atom. The zero-order chi connectivity index (χ0) is 19.3. The van der Waals surface area contributed by atoms with Crippen LogP contribution in [-0.4, -0.2) is 21.9 Å². The van der Waals surface area contributed by atoms with Crippen molar-refractivity contribution in [1.82, 2.24) is 15.5 Å². The van der Waals surface area contributed by atoms with Crippen molar-refractivity contribution in [3.05, 3.63) is 65.2 Å². The summed E-state index contributed by atoms with van der Waals surface area (Å²) in [6, 6.07) is 16.6. The number of hydrogen-bond donors (Lipinski definition) is 2. The van der Waals surface area contributed by atoms with Crippen LogP contribution in [-0.2, 0) is 11.2 Å². The molecule has 0 spiro atoms. The molecule has 1 aliphatic rings. The van der Waals surface area contributed by atoms with Crippen LogP contribution in [0.25, 0.3) is 0 Å². The zero-order valence-corrected chi connectivity index (χ0v) is 17.3. The number of nitrogens with zero attached hydrogens (tertiary/aromatic N) is 2. The van der Waals surface area contributed by atoms with Gasteiger partial charge in [0.25, 0.3) is 0 Å². The van der Waals surface area contributed by atoms with E-state index in [1.165, 1.54) is 39.8 Å². The second-order valence-corrected chi connectivity index (χ2v) is 9.06. The predicted octanol–water partition coefficient (Wildman–Crippen LogP) is 4.88. The smallest absolute Gasteiger partial charge is 0.230 e. The van der Waals surface area contributed by atoms with Crippen LogP contribution >= 0.6 is 23.1 Å². The topological polar surface area (TPSA) is 66.9 Å². The van der Waals surface area contributed by atoms with E-state index in [1.807, 2.05) is 30.3 Å². The van der Waals surface area contributed by atoms with Crippen LogP contribution in [0.4, 0.5) is 10.8 Å². The Bertz CT molecular complexity index is 955. The molecule has 2 aromatic carbocycles. The van der Waals surface area contributed by atoms with E-state index >= 15 is 0 Å². The number of anilines is 2. The maximum absolute atomic E-state index is 12.4. The molecule has 0 unspecified atom stereocenters. The van der Waals surface area contributed by atoms with Crippen LogP contribution in [0.2, 0.25) is 0 Å². The van der Waals surface area contributed by atoms with E-state index in [9.17, 15) is 4.79 Å². The van der Waals surface area contributed by atoms with Crippen LogP contribution in [0.5, 0.6) is 0 Å². The molecule has 0 aliphatic heterocycles. The summed E-state index contributed by atoms with van der Waals surface area (Å²) in [7, 11) is 0. The summed E-state index contributed by atoms with van der Waals surface area (Å²) in [5, 5.41) is 15.5. The van der Waals surface area contributed by atoms with E-state index < -0.39 is 0 Å². The van der Waals surface area contributed by atoms with Gasteiger partial charge in [0.15, 0.2) is 4.34 Å². The highest BCUT2D eigenvalue weighted by Crippen LogP contribution is 2.30. The average Bonchev–Trinajstić information content (AvgIpc) is 3.16. The Hall–Kier alpha value is -2.38. The second-order valence-electron chi connectivity index (χ2n) is 6.86. The minimum atomic E-state index is 0.0370. The van der Waals surface area contributed by atoms with Gasteiger partial charge in [-0.05, 0) is 49.4 Å². The number of nitrogens with one attached hydrogen (secondary N) is 2. The lowest BCUT2D eigenvalue weighted by molar-refractivity contribution is -0.119. The number of amides is 1. The highest BCUT2D eigenvalue weighted by molar-refractivity contribution is 8.01. The molecule has 1 aliphatic carbocycles. The highest BCUT2D eigenvalue weighted by Gasteiger charge is 2.21. The van der Waals surface area contributed by atoms with Gasteiger partial charge in [0.2, 0.25) is 11.0 Å². The Balaban J connectivity index is 1.30. The van der Waals surface area contributed by atoms with E-state index in [1.54, 1.807) is 0 Å². The Morgan fingerprint density at radius 2 is 2.00 bits per heavy atom. The number of carbonyl (C=O) groups is 1. The highest BCUT2D eigenvalue weighted by atomic mass is 32.2. The largest absolute Gasteiger partial charge is 0.349 e. The molecule has 3 aromatic rings. The fourth-order valence-corrected chi connectivity index (χ4v) is 4.93. The number of aryl methyl sites for hydroxylation is 2. The molecule has 5 nitrogen and oxygen atoms in total. The maximum atomic E-state index is 12.4. The fourth-order valence-electron chi connectivity index (χ4n) is 3.35. The van der Waals surface area contributed by atoms with Gasteiger partial charge in [0.1, 0.15) is 0 Å². The minimum Gasteiger partial charge on any atom is -0.349 e. The quantitative estimate of drug-likeness (QED) is 0.567. The van der Waals surface area contributed by atoms with Crippen molar-refractivity contribution in [1.29, 1.82) is 0 Å². The van der Waals surface area contributed by atoms with Gasteiger partial charge < -0.3 is 10.6 Å². The first kappa shape index (κ1) is 19.0. The van der Waals surface area contributed by atoms with E-state index in [0.717, 1.165) is 34.4 Å². The van der Waals surface area contributed by atoms with Crippen LogP contribution in [0.15, 0.2) is 52.9 Å². The number of rotatable bonds is 6. The number of aromatic nitrogens is 2. The van der Waals surface area contributed by atoms with Gasteiger partial charge in [-0.1, -0.05) is 65.1 Å². The Labute approximate surface area is 173 Å². The molecule has 4 rings (SSSR count). The first-order valence-corrected chi connectivity index (χ1v) is 11.1. The molecule has 28 heavy (non-hydrogen) atoms. The van der Waals surface area contributed by atoms with Gasteiger partial charge in [0, 0.05) is 5.69 Å². The summed E-state index contributed by atoms with van der Waals surface area (Å²) < 4.78 is 0.786. The summed E-state index contributed by atoms with van der Waals surface area (Å²) in [4.78, 5) is 12.4. The van der Waals surface area contributed by atoms with E-state index in [2.05, 4.69) is 46.0 Å². The zero-order valence-electron chi connectivity index (χ0n) is 15.6. The van der Waals surface area contributed by atoms with Crippen molar-refractivity contribution in [2.24, 2.45) is 0 Å². The monoisotopic (exact) mass is 410 g/mol. The van der Waals surface area contributed by atoms with Crippen molar-refractivity contribution < 1.29 is 4.79 Å². The summed E-state index contributed by atoms with van der Waals surface area (Å²) in [6.07, 6.45) is 3.20. The van der Waals surface area contributed by atoms with Crippen molar-refractivity contribution in [2.75, 3.05) is 11.1 Å². The van der Waals surface area contributed by atoms with Crippen molar-refractivity contribution in [3.8, 4) is 0 Å². The second kappa shape index (κ2) is 8.75. The Kier molecular flexibility index (Phi) is 5.92. The molecule has 1 amide bonds. The maximum Gasteiger partial charge on any atom is 0.230 e. The van der Waals surface area contributed by atoms with Crippen LogP contribution in [0.3, 0.4) is 0 Å². The van der Waals surface area contributed by atoms with Gasteiger partial charge in [-0.3, -0.25) is 4.79 Å². The molecule has 144 valence electrons. The third-order valence-corrected chi connectivity index (χ3v) is 6.71. The summed E-state index contributed by atoms with van der Waals surface area (Å²) in [5.41, 5.74) is 4.80. The number of benzene rings is 2. The summed E-state index contributed by atoms with van der Waals surface area (Å²) in [5.74, 6) is 0.382. The minimum absolute atomic E-state index is 0.0370. The molecule has 0 saturated heterocycles. The number of thioether (sulfide) groups is 1. The summed E-state index contributed by atoms with van der Waals surface area (Å²) in [6.45, 7) is 2.06. The van der Waals surface area contributed by atoms with Crippen LogP contribution in [0, 0.1) is 6.92 Å². The molecule has 0 radical (unpaired) electrons. The number of hydrogen-bond acceptors (Lipinski definition) is 6. The molecule has 1 heterocycles. The molecular weight excluding hydrogens is 388 g/mol. The lowest BCUT2D eigenvalue weighted by Gasteiger charge is -2.26. The van der Waals surface area contributed by atoms with Gasteiger partial charge in [-0.25, -0.2) is 0 Å². The normalized spacial score (nSPS) is 15.7. The molecule has 7 heteroatoms. The molecule has 1 atom stereocenters. The SMILES string of the molecule is Cc1ccc(Nc2nnc(SCC(=O)N[C@H]3CCCc4ccccc43)s2)cc1. The van der Waals surface area contributed by atoms with Crippen molar-refractivity contribution >= 4 is 39.8 Å². The molecule has 0 fully saturated rings. The van der Waals surface area contributed by atoms with Gasteiger partial charge >= 0.3 is 0 Å². The Morgan fingerprint density at radius 3 is 2.86 bits per heavy atom. The molecule has 0 bridgehead atoms. The van der Waals surface area contributed by atoms with Crippen molar-refractivity contribution in [2.45, 2.75) is 36.6 Å². The van der Waals surface area contributed by atoms with Crippen molar-refractivity contribution in [3.63, 3.8) is 0 Å².